The van der Waals surface area contributed by atoms with E-state index >= 15 is 0 Å². The van der Waals surface area contributed by atoms with Gasteiger partial charge in [0.25, 0.3) is 5.91 Å². The van der Waals surface area contributed by atoms with Crippen molar-refractivity contribution in [2.24, 2.45) is 16.5 Å². The van der Waals surface area contributed by atoms with Crippen molar-refractivity contribution in [2.75, 3.05) is 39.3 Å². The maximum atomic E-state index is 13.5. The Morgan fingerprint density at radius 2 is 1.64 bits per heavy atom. The number of hydrogen-bond acceptors (Lipinski definition) is 5. The van der Waals surface area contributed by atoms with Gasteiger partial charge in [-0.25, -0.2) is 0 Å². The molecule has 194 valence electrons. The molecule has 0 spiro atoms. The van der Waals surface area contributed by atoms with Crippen molar-refractivity contribution in [3.8, 4) is 16.9 Å². The van der Waals surface area contributed by atoms with Crippen LogP contribution in [-0.2, 0) is 0 Å². The summed E-state index contributed by atoms with van der Waals surface area (Å²) in [6.07, 6.45) is -1.23. The van der Waals surface area contributed by atoms with Crippen molar-refractivity contribution in [1.82, 2.24) is 10.2 Å². The summed E-state index contributed by atoms with van der Waals surface area (Å²) in [5.41, 5.74) is 0.974. The number of likely N-dealkylation sites (tertiary alicyclic amines) is 1. The van der Waals surface area contributed by atoms with Crippen LogP contribution in [0.25, 0.3) is 11.1 Å². The third-order valence-corrected chi connectivity index (χ3v) is 7.45. The van der Waals surface area contributed by atoms with Gasteiger partial charge in [-0.1, -0.05) is 35.9 Å². The lowest BCUT2D eigenvalue weighted by molar-refractivity contribution is -0.256. The minimum Gasteiger partial charge on any atom is -0.493 e. The molecule has 36 heavy (non-hydrogen) atoms. The molecule has 0 radical (unpaired) electrons. The number of benzene rings is 2. The average Bonchev–Trinajstić information content (AvgIpc) is 2.85. The highest BCUT2D eigenvalue weighted by Gasteiger charge is 2.58. The summed E-state index contributed by atoms with van der Waals surface area (Å²) in [4.78, 5) is 24.1. The maximum Gasteiger partial charge on any atom is 0.395 e. The molecule has 6 nitrogen and oxygen atoms in total. The average molecular weight is 504 g/mol. The fraction of sp³-hybridized carbons (Fsp3) is 0.519. The Bertz CT molecular complexity index is 1010. The number of carbonyl (C=O) groups excluding carboxylic acids is 1. The Morgan fingerprint density at radius 1 is 1.03 bits per heavy atom. The molecule has 4 rings (SSSR count). The Labute approximate surface area is 209 Å². The van der Waals surface area contributed by atoms with Gasteiger partial charge < -0.3 is 15.0 Å². The van der Waals surface area contributed by atoms with Crippen LogP contribution in [0.3, 0.4) is 0 Å². The topological polar surface area (TPSA) is 71.0 Å². The first kappa shape index (κ1) is 26.1. The van der Waals surface area contributed by atoms with Crippen LogP contribution >= 0.6 is 0 Å². The highest BCUT2D eigenvalue weighted by atomic mass is 19.4. The number of halogens is 3. The van der Waals surface area contributed by atoms with Gasteiger partial charge in [-0.05, 0) is 80.1 Å². The van der Waals surface area contributed by atoms with Crippen molar-refractivity contribution < 1.29 is 22.7 Å². The molecular weight excluding hydrogens is 471 g/mol. The van der Waals surface area contributed by atoms with E-state index in [1.165, 1.54) is 0 Å². The quantitative estimate of drug-likeness (QED) is 0.335. The minimum absolute atomic E-state index is 0.0417. The number of nitrogens with one attached hydrogen (secondary N) is 1. The maximum absolute atomic E-state index is 13.5. The van der Waals surface area contributed by atoms with E-state index in [0.717, 1.165) is 29.7 Å². The molecule has 2 fully saturated rings. The van der Waals surface area contributed by atoms with Crippen molar-refractivity contribution in [3.05, 3.63) is 59.0 Å². The lowest BCUT2D eigenvalue weighted by Crippen LogP contribution is -2.53. The third kappa shape index (κ3) is 6.24. The van der Waals surface area contributed by atoms with Crippen LogP contribution < -0.4 is 10.1 Å². The molecule has 0 aromatic heterocycles. The van der Waals surface area contributed by atoms with Gasteiger partial charge in [0.15, 0.2) is 0 Å². The Balaban J connectivity index is 1.22. The van der Waals surface area contributed by atoms with E-state index in [9.17, 15) is 22.9 Å². The summed E-state index contributed by atoms with van der Waals surface area (Å²) in [7, 11) is 0. The summed E-state index contributed by atoms with van der Waals surface area (Å²) in [6.45, 7) is 2.32. The molecule has 1 heterocycles. The van der Waals surface area contributed by atoms with E-state index in [1.807, 2.05) is 41.3 Å². The zero-order valence-corrected chi connectivity index (χ0v) is 20.2. The van der Waals surface area contributed by atoms with E-state index < -0.39 is 11.6 Å². The van der Waals surface area contributed by atoms with E-state index in [1.54, 1.807) is 12.1 Å². The molecule has 1 saturated carbocycles. The second kappa shape index (κ2) is 11.4. The van der Waals surface area contributed by atoms with E-state index in [-0.39, 0.29) is 38.4 Å². The number of ether oxygens (including phenoxy) is 1. The first-order valence-corrected chi connectivity index (χ1v) is 12.5. The summed E-state index contributed by atoms with van der Waals surface area (Å²) < 4.78 is 46.4. The fourth-order valence-electron chi connectivity index (χ4n) is 4.96. The third-order valence-electron chi connectivity index (χ3n) is 7.45. The molecule has 1 N–H and O–H groups in total. The second-order valence-corrected chi connectivity index (χ2v) is 9.87. The molecule has 1 amide bonds. The smallest absolute Gasteiger partial charge is 0.395 e. The predicted molar refractivity (Wildman–Crippen MR) is 132 cm³/mol. The van der Waals surface area contributed by atoms with Crippen molar-refractivity contribution in [3.63, 3.8) is 0 Å². The fourth-order valence-corrected chi connectivity index (χ4v) is 4.96. The number of alkyl halides is 3. The normalized spacial score (nSPS) is 18.3. The van der Waals surface area contributed by atoms with Crippen molar-refractivity contribution in [1.29, 1.82) is 0 Å². The summed E-state index contributed by atoms with van der Waals surface area (Å²) in [5.74, 6) is 0.847. The van der Waals surface area contributed by atoms with Crippen LogP contribution in [0.15, 0.2) is 53.7 Å². The van der Waals surface area contributed by atoms with E-state index in [0.29, 0.717) is 37.6 Å². The summed E-state index contributed by atoms with van der Waals surface area (Å²) in [6, 6.07) is 14.9. The molecule has 2 aliphatic rings. The van der Waals surface area contributed by atoms with Gasteiger partial charge in [0.2, 0.25) is 0 Å². The largest absolute Gasteiger partial charge is 0.493 e. The van der Waals surface area contributed by atoms with Crippen LogP contribution in [0.2, 0.25) is 0 Å². The van der Waals surface area contributed by atoms with E-state index in [2.05, 4.69) is 10.5 Å². The number of piperidine rings is 1. The van der Waals surface area contributed by atoms with Crippen molar-refractivity contribution in [2.45, 2.75) is 38.3 Å². The standard InChI is InChI=1S/C27H32F3N3O3/c28-27(29,30)26(12-1-13-26)19-33-16-10-20(11-17-33)18-36-24-8-6-22(7-9-24)21-2-4-23(5-3-21)25(34)31-14-15-32-35/h2-9,20H,1,10-19H2,(H,31,34). The second-order valence-electron chi connectivity index (χ2n) is 9.87. The lowest BCUT2D eigenvalue weighted by atomic mass is 9.67. The van der Waals surface area contributed by atoms with Gasteiger partial charge in [0.1, 0.15) is 5.75 Å². The molecule has 1 aliphatic carbocycles. The Hall–Kier alpha value is -2.94. The zero-order valence-electron chi connectivity index (χ0n) is 20.2. The highest BCUT2D eigenvalue weighted by Crippen LogP contribution is 2.53. The van der Waals surface area contributed by atoms with Gasteiger partial charge in [-0.15, -0.1) is 0 Å². The Morgan fingerprint density at radius 3 is 2.17 bits per heavy atom. The number of hydrogen-bond donors (Lipinski definition) is 1. The van der Waals surface area contributed by atoms with Crippen LogP contribution in [0.4, 0.5) is 13.2 Å². The SMILES string of the molecule is O=NCCNC(=O)c1ccc(-c2ccc(OCC3CCN(CC4(C(F)(F)F)CCC4)CC3)cc2)cc1. The van der Waals surface area contributed by atoms with Gasteiger partial charge in [0, 0.05) is 18.7 Å². The molecule has 2 aromatic carbocycles. The van der Waals surface area contributed by atoms with Crippen LogP contribution in [0.5, 0.6) is 5.75 Å². The number of nitrogens with zero attached hydrogens (tertiary/aromatic N) is 2. The molecule has 0 bridgehead atoms. The Kier molecular flexibility index (Phi) is 8.28. The molecule has 9 heteroatoms. The molecular formula is C27H32F3N3O3. The number of amides is 1. The molecule has 0 atom stereocenters. The summed E-state index contributed by atoms with van der Waals surface area (Å²) in [5, 5.41) is 5.35. The first-order chi connectivity index (χ1) is 17.3. The molecule has 2 aromatic rings. The first-order valence-electron chi connectivity index (χ1n) is 12.5. The monoisotopic (exact) mass is 503 g/mol. The lowest BCUT2D eigenvalue weighted by Gasteiger charge is -2.47. The number of rotatable bonds is 10. The van der Waals surface area contributed by atoms with Gasteiger partial charge >= 0.3 is 6.18 Å². The molecule has 1 saturated heterocycles. The predicted octanol–water partition coefficient (Wildman–Crippen LogP) is 5.67. The van der Waals surface area contributed by atoms with Crippen molar-refractivity contribution >= 4 is 5.91 Å². The highest BCUT2D eigenvalue weighted by molar-refractivity contribution is 5.94. The van der Waals surface area contributed by atoms with Gasteiger partial charge in [0.05, 0.1) is 18.6 Å². The number of nitroso groups, excluding NO2 is 1. The van der Waals surface area contributed by atoms with Crippen LogP contribution in [-0.4, -0.2) is 56.3 Å². The van der Waals surface area contributed by atoms with Crippen LogP contribution in [0.1, 0.15) is 42.5 Å². The molecule has 1 aliphatic heterocycles. The van der Waals surface area contributed by atoms with E-state index in [4.69, 9.17) is 4.74 Å². The summed E-state index contributed by atoms with van der Waals surface area (Å²) >= 11 is 0. The minimum atomic E-state index is -4.11. The zero-order chi connectivity index (χ0) is 25.6. The van der Waals surface area contributed by atoms with Gasteiger partial charge in [-0.2, -0.15) is 18.1 Å². The van der Waals surface area contributed by atoms with Gasteiger partial charge in [-0.3, -0.25) is 4.79 Å². The molecule has 0 unspecified atom stereocenters. The van der Waals surface area contributed by atoms with Crippen LogP contribution in [0, 0.1) is 16.2 Å². The number of carbonyl (C=O) groups is 1.